The zero-order valence-electron chi connectivity index (χ0n) is 11.0. The molecule has 2 rings (SSSR count). The Labute approximate surface area is 132 Å². The Morgan fingerprint density at radius 2 is 2.11 bits per heavy atom. The van der Waals surface area contributed by atoms with Crippen molar-refractivity contribution in [2.45, 2.75) is 32.2 Å². The first-order valence-corrected chi connectivity index (χ1v) is 8.42. The maximum atomic E-state index is 3.71. The van der Waals surface area contributed by atoms with Crippen LogP contribution in [0.5, 0.6) is 0 Å². The van der Waals surface area contributed by atoms with E-state index >= 15 is 0 Å². The quantitative estimate of drug-likeness (QED) is 0.740. The first-order chi connectivity index (χ1) is 8.60. The van der Waals surface area contributed by atoms with Gasteiger partial charge >= 0.3 is 0 Å². The molecule has 100 valence electrons. The smallest absolute Gasteiger partial charge is 0.0514 e. The number of anilines is 1. The predicted molar refractivity (Wildman–Crippen MR) is 90.4 cm³/mol. The average molecular weight is 423 g/mol. The van der Waals surface area contributed by atoms with Gasteiger partial charge < -0.3 is 10.2 Å². The topological polar surface area (TPSA) is 15.3 Å². The van der Waals surface area contributed by atoms with Gasteiger partial charge in [0.1, 0.15) is 0 Å². The summed E-state index contributed by atoms with van der Waals surface area (Å²) >= 11 is 6.01. The Kier molecular flexibility index (Phi) is 4.94. The molecule has 0 bridgehead atoms. The molecule has 1 aromatic rings. The summed E-state index contributed by atoms with van der Waals surface area (Å²) in [6.07, 6.45) is 2.37. The van der Waals surface area contributed by atoms with Gasteiger partial charge in [0.15, 0.2) is 0 Å². The maximum Gasteiger partial charge on any atom is 0.0514 e. The second kappa shape index (κ2) is 6.09. The van der Waals surface area contributed by atoms with Crippen LogP contribution in [-0.4, -0.2) is 25.2 Å². The van der Waals surface area contributed by atoms with Gasteiger partial charge in [-0.2, -0.15) is 0 Å². The molecule has 0 aliphatic carbocycles. The molecule has 0 saturated carbocycles. The molecule has 1 fully saturated rings. The third-order valence-corrected chi connectivity index (χ3v) is 5.38. The number of piperazine rings is 1. The van der Waals surface area contributed by atoms with Crippen molar-refractivity contribution in [3.05, 3.63) is 26.2 Å². The molecule has 4 heteroatoms. The Morgan fingerprint density at radius 1 is 1.39 bits per heavy atom. The molecular formula is C14H20BrIN2. The molecular weight excluding hydrogens is 403 g/mol. The van der Waals surface area contributed by atoms with Crippen LogP contribution in [0.15, 0.2) is 22.7 Å². The van der Waals surface area contributed by atoms with E-state index in [1.54, 1.807) is 0 Å². The molecule has 0 amide bonds. The molecule has 0 atom stereocenters. The van der Waals surface area contributed by atoms with Crippen molar-refractivity contribution >= 4 is 44.2 Å². The number of rotatable bonds is 3. The van der Waals surface area contributed by atoms with Gasteiger partial charge in [-0.3, -0.25) is 0 Å². The van der Waals surface area contributed by atoms with Crippen LogP contribution in [0.1, 0.15) is 26.7 Å². The molecule has 1 heterocycles. The lowest BCUT2D eigenvalue weighted by atomic mass is 9.90. The highest BCUT2D eigenvalue weighted by atomic mass is 127. The second-order valence-electron chi connectivity index (χ2n) is 4.93. The molecule has 1 aliphatic rings. The minimum absolute atomic E-state index is 0.281. The molecule has 0 spiro atoms. The van der Waals surface area contributed by atoms with Crippen LogP contribution in [0.2, 0.25) is 0 Å². The fourth-order valence-electron chi connectivity index (χ4n) is 2.61. The van der Waals surface area contributed by atoms with Gasteiger partial charge in [-0.1, -0.05) is 29.8 Å². The predicted octanol–water partition coefficient (Wildman–Crippen LogP) is 4.02. The van der Waals surface area contributed by atoms with Crippen molar-refractivity contribution in [3.63, 3.8) is 0 Å². The highest BCUT2D eigenvalue weighted by molar-refractivity contribution is 14.1. The van der Waals surface area contributed by atoms with Crippen LogP contribution in [0, 0.1) is 3.57 Å². The van der Waals surface area contributed by atoms with Crippen LogP contribution >= 0.6 is 38.5 Å². The van der Waals surface area contributed by atoms with E-state index in [1.165, 1.54) is 22.1 Å². The van der Waals surface area contributed by atoms with E-state index in [0.717, 1.165) is 24.1 Å². The summed E-state index contributed by atoms with van der Waals surface area (Å²) in [5, 5.41) is 3.71. The zero-order valence-corrected chi connectivity index (χ0v) is 14.7. The van der Waals surface area contributed by atoms with Gasteiger partial charge in [-0.25, -0.2) is 0 Å². The number of benzene rings is 1. The summed E-state index contributed by atoms with van der Waals surface area (Å²) in [4.78, 5) is 2.52. The van der Waals surface area contributed by atoms with Gasteiger partial charge in [0.25, 0.3) is 0 Å². The number of nitrogens with zero attached hydrogens (tertiary/aromatic N) is 1. The highest BCUT2D eigenvalue weighted by Crippen LogP contribution is 2.30. The van der Waals surface area contributed by atoms with Gasteiger partial charge in [0.2, 0.25) is 0 Å². The zero-order chi connectivity index (χ0) is 13.2. The Balaban J connectivity index is 2.25. The van der Waals surface area contributed by atoms with Crippen molar-refractivity contribution in [1.29, 1.82) is 0 Å². The molecule has 1 aromatic carbocycles. The van der Waals surface area contributed by atoms with E-state index < -0.39 is 0 Å². The van der Waals surface area contributed by atoms with E-state index in [4.69, 9.17) is 0 Å². The number of hydrogen-bond acceptors (Lipinski definition) is 2. The fourth-order valence-corrected chi connectivity index (χ4v) is 3.64. The molecule has 0 radical (unpaired) electrons. The first kappa shape index (κ1) is 14.6. The monoisotopic (exact) mass is 422 g/mol. The third-order valence-electron chi connectivity index (χ3n) is 3.98. The Hall–Kier alpha value is 0.190. The van der Waals surface area contributed by atoms with Crippen LogP contribution in [0.3, 0.4) is 0 Å². The van der Waals surface area contributed by atoms with Crippen LogP contribution in [0.25, 0.3) is 0 Å². The van der Waals surface area contributed by atoms with E-state index in [1.807, 2.05) is 0 Å². The SMILES string of the molecule is CCC1(CC)CN(c2cc(Br)ccc2I)CCN1. The highest BCUT2D eigenvalue weighted by Gasteiger charge is 2.32. The van der Waals surface area contributed by atoms with Crippen LogP contribution < -0.4 is 10.2 Å². The summed E-state index contributed by atoms with van der Waals surface area (Å²) < 4.78 is 2.49. The molecule has 2 nitrogen and oxygen atoms in total. The standard InChI is InChI=1S/C14H20BrIN2/c1-3-14(4-2)10-18(8-7-17-14)13-9-11(15)5-6-12(13)16/h5-6,9,17H,3-4,7-8,10H2,1-2H3. The largest absolute Gasteiger partial charge is 0.368 e. The minimum atomic E-state index is 0.281. The number of halogens is 2. The van der Waals surface area contributed by atoms with Gasteiger partial charge in [-0.05, 0) is 53.6 Å². The van der Waals surface area contributed by atoms with Crippen LogP contribution in [0.4, 0.5) is 5.69 Å². The molecule has 18 heavy (non-hydrogen) atoms. The molecule has 0 unspecified atom stereocenters. The first-order valence-electron chi connectivity index (χ1n) is 6.55. The Bertz CT molecular complexity index is 418. The summed E-state index contributed by atoms with van der Waals surface area (Å²) in [6.45, 7) is 7.84. The third kappa shape index (κ3) is 3.02. The van der Waals surface area contributed by atoms with Crippen LogP contribution in [-0.2, 0) is 0 Å². The van der Waals surface area contributed by atoms with Crippen molar-refractivity contribution in [3.8, 4) is 0 Å². The lowest BCUT2D eigenvalue weighted by Gasteiger charge is -2.44. The average Bonchev–Trinajstić information content (AvgIpc) is 2.41. The minimum Gasteiger partial charge on any atom is -0.368 e. The lowest BCUT2D eigenvalue weighted by molar-refractivity contribution is 0.277. The summed E-state index contributed by atoms with van der Waals surface area (Å²) in [7, 11) is 0. The molecule has 0 aromatic heterocycles. The molecule has 1 N–H and O–H groups in total. The summed E-state index contributed by atoms with van der Waals surface area (Å²) in [5.74, 6) is 0. The Morgan fingerprint density at radius 3 is 2.78 bits per heavy atom. The fraction of sp³-hybridized carbons (Fsp3) is 0.571. The lowest BCUT2D eigenvalue weighted by Crippen LogP contribution is -2.60. The summed E-state index contributed by atoms with van der Waals surface area (Å²) in [5.41, 5.74) is 1.64. The maximum absolute atomic E-state index is 3.71. The van der Waals surface area contributed by atoms with Crippen molar-refractivity contribution in [1.82, 2.24) is 5.32 Å². The van der Waals surface area contributed by atoms with E-state index in [2.05, 4.69) is 80.8 Å². The van der Waals surface area contributed by atoms with Crippen molar-refractivity contribution < 1.29 is 0 Å². The summed E-state index contributed by atoms with van der Waals surface area (Å²) in [6, 6.07) is 6.53. The van der Waals surface area contributed by atoms with Gasteiger partial charge in [-0.15, -0.1) is 0 Å². The van der Waals surface area contributed by atoms with E-state index in [0.29, 0.717) is 0 Å². The second-order valence-corrected chi connectivity index (χ2v) is 7.01. The molecule has 1 aliphatic heterocycles. The van der Waals surface area contributed by atoms with E-state index in [-0.39, 0.29) is 5.54 Å². The van der Waals surface area contributed by atoms with Crippen molar-refractivity contribution in [2.24, 2.45) is 0 Å². The van der Waals surface area contributed by atoms with Gasteiger partial charge in [0, 0.05) is 33.2 Å². The molecule has 1 saturated heterocycles. The number of hydrogen-bond donors (Lipinski definition) is 1. The van der Waals surface area contributed by atoms with E-state index in [9.17, 15) is 0 Å². The van der Waals surface area contributed by atoms with Crippen molar-refractivity contribution in [2.75, 3.05) is 24.5 Å². The van der Waals surface area contributed by atoms with Gasteiger partial charge in [0.05, 0.1) is 5.69 Å². The number of nitrogens with one attached hydrogen (secondary N) is 1. The normalized spacial score (nSPS) is 19.0.